The van der Waals surface area contributed by atoms with Gasteiger partial charge in [0.2, 0.25) is 10.0 Å². The van der Waals surface area contributed by atoms with Crippen molar-refractivity contribution in [3.05, 3.63) is 34.4 Å². The highest BCUT2D eigenvalue weighted by Gasteiger charge is 2.34. The molecular weight excluding hydrogens is 296 g/mol. The van der Waals surface area contributed by atoms with Crippen LogP contribution in [0.5, 0.6) is 0 Å². The lowest BCUT2D eigenvalue weighted by Crippen LogP contribution is -2.38. The van der Waals surface area contributed by atoms with Crippen molar-refractivity contribution in [2.45, 2.75) is 30.6 Å². The number of aliphatic hydroxyl groups excluding tert-OH is 1. The number of nitro benzene ring substituents is 1. The van der Waals surface area contributed by atoms with Crippen molar-refractivity contribution in [1.82, 2.24) is 4.72 Å². The summed E-state index contributed by atoms with van der Waals surface area (Å²) in [5.41, 5.74) is -0.677. The average molecular weight is 314 g/mol. The van der Waals surface area contributed by atoms with Crippen molar-refractivity contribution < 1.29 is 18.4 Å². The van der Waals surface area contributed by atoms with Crippen molar-refractivity contribution in [1.29, 1.82) is 0 Å². The fraction of sp³-hybridized carbons (Fsp3) is 0.538. The van der Waals surface area contributed by atoms with Crippen LogP contribution in [0, 0.1) is 15.5 Å². The molecule has 1 aromatic carbocycles. The van der Waals surface area contributed by atoms with E-state index >= 15 is 0 Å². The van der Waals surface area contributed by atoms with Crippen LogP contribution in [0.2, 0.25) is 0 Å². The number of non-ortho nitro benzene ring substituents is 1. The fourth-order valence-corrected chi connectivity index (χ4v) is 3.81. The maximum Gasteiger partial charge on any atom is 0.270 e. The summed E-state index contributed by atoms with van der Waals surface area (Å²) in [6, 6.07) is 4.92. The molecule has 0 radical (unpaired) electrons. The number of aliphatic hydroxyl groups is 1. The standard InChI is InChI=1S/C13H18N2O5S/c16-10-13(6-1-2-7-13)9-14-21(19,20)12-5-3-4-11(8-12)15(17)18/h3-5,8,14,16H,1-2,6-7,9-10H2. The number of benzene rings is 1. The zero-order chi connectivity index (χ0) is 15.5. The second kappa shape index (κ2) is 6.08. The first-order valence-corrected chi connectivity index (χ1v) is 8.22. The molecular formula is C13H18N2O5S. The third kappa shape index (κ3) is 3.58. The first-order chi connectivity index (χ1) is 9.88. The van der Waals surface area contributed by atoms with E-state index in [1.165, 1.54) is 18.2 Å². The minimum atomic E-state index is -3.82. The Morgan fingerprint density at radius 1 is 1.33 bits per heavy atom. The molecule has 0 aliphatic heterocycles. The van der Waals surface area contributed by atoms with Gasteiger partial charge in [-0.2, -0.15) is 0 Å². The minimum Gasteiger partial charge on any atom is -0.396 e. The Hall–Kier alpha value is -1.51. The van der Waals surface area contributed by atoms with Gasteiger partial charge < -0.3 is 5.11 Å². The van der Waals surface area contributed by atoms with E-state index in [0.717, 1.165) is 31.7 Å². The van der Waals surface area contributed by atoms with Gasteiger partial charge in [-0.05, 0) is 18.9 Å². The number of nitro groups is 1. The molecule has 0 unspecified atom stereocenters. The zero-order valence-corrected chi connectivity index (χ0v) is 12.3. The maximum absolute atomic E-state index is 12.2. The third-order valence-electron chi connectivity index (χ3n) is 3.98. The normalized spacial score (nSPS) is 17.8. The molecule has 1 aromatic rings. The summed E-state index contributed by atoms with van der Waals surface area (Å²) >= 11 is 0. The molecule has 1 aliphatic rings. The first kappa shape index (κ1) is 15.9. The molecule has 8 heteroatoms. The van der Waals surface area contributed by atoms with E-state index in [2.05, 4.69) is 4.72 Å². The number of hydrogen-bond donors (Lipinski definition) is 2. The van der Waals surface area contributed by atoms with E-state index < -0.39 is 20.4 Å². The fourth-order valence-electron chi connectivity index (χ4n) is 2.61. The van der Waals surface area contributed by atoms with Gasteiger partial charge in [0.1, 0.15) is 0 Å². The molecule has 21 heavy (non-hydrogen) atoms. The smallest absolute Gasteiger partial charge is 0.270 e. The minimum absolute atomic E-state index is 0.0650. The molecule has 7 nitrogen and oxygen atoms in total. The van der Waals surface area contributed by atoms with Crippen molar-refractivity contribution in [2.24, 2.45) is 5.41 Å². The van der Waals surface area contributed by atoms with Gasteiger partial charge >= 0.3 is 0 Å². The van der Waals surface area contributed by atoms with Gasteiger partial charge in [0.15, 0.2) is 0 Å². The molecule has 0 spiro atoms. The third-order valence-corrected chi connectivity index (χ3v) is 5.37. The van der Waals surface area contributed by atoms with Gasteiger partial charge in [-0.25, -0.2) is 13.1 Å². The van der Waals surface area contributed by atoms with E-state index in [4.69, 9.17) is 0 Å². The molecule has 1 aliphatic carbocycles. The van der Waals surface area contributed by atoms with E-state index in [1.807, 2.05) is 0 Å². The molecule has 2 N–H and O–H groups in total. The van der Waals surface area contributed by atoms with Gasteiger partial charge in [-0.1, -0.05) is 18.9 Å². The molecule has 0 amide bonds. The van der Waals surface area contributed by atoms with Gasteiger partial charge in [-0.15, -0.1) is 0 Å². The van der Waals surface area contributed by atoms with Crippen LogP contribution in [0.25, 0.3) is 0 Å². The summed E-state index contributed by atoms with van der Waals surface area (Å²) in [6.07, 6.45) is 3.50. The monoisotopic (exact) mass is 314 g/mol. The summed E-state index contributed by atoms with van der Waals surface area (Å²) in [6.45, 7) is 0.0823. The molecule has 0 heterocycles. The summed E-state index contributed by atoms with van der Waals surface area (Å²) < 4.78 is 26.9. The number of hydrogen-bond acceptors (Lipinski definition) is 5. The zero-order valence-electron chi connectivity index (χ0n) is 11.5. The number of nitrogens with zero attached hydrogens (tertiary/aromatic N) is 1. The maximum atomic E-state index is 12.2. The van der Waals surface area contributed by atoms with Gasteiger partial charge in [0, 0.05) is 30.7 Å². The molecule has 0 aromatic heterocycles. The molecule has 0 atom stereocenters. The number of sulfonamides is 1. The highest BCUT2D eigenvalue weighted by molar-refractivity contribution is 7.89. The first-order valence-electron chi connectivity index (χ1n) is 6.74. The van der Waals surface area contributed by atoms with Crippen molar-refractivity contribution in [2.75, 3.05) is 13.2 Å². The van der Waals surface area contributed by atoms with Crippen molar-refractivity contribution in [3.63, 3.8) is 0 Å². The lowest BCUT2D eigenvalue weighted by atomic mass is 9.88. The molecule has 1 fully saturated rings. The number of nitrogens with one attached hydrogen (secondary N) is 1. The van der Waals surface area contributed by atoms with E-state index in [9.17, 15) is 23.6 Å². The van der Waals surface area contributed by atoms with E-state index in [0.29, 0.717) is 0 Å². The highest BCUT2D eigenvalue weighted by Crippen LogP contribution is 2.37. The Labute approximate surface area is 123 Å². The van der Waals surface area contributed by atoms with Crippen LogP contribution < -0.4 is 4.72 Å². The van der Waals surface area contributed by atoms with Crippen LogP contribution in [0.1, 0.15) is 25.7 Å². The van der Waals surface area contributed by atoms with Crippen molar-refractivity contribution >= 4 is 15.7 Å². The molecule has 0 bridgehead atoms. The Morgan fingerprint density at radius 2 is 2.00 bits per heavy atom. The second-order valence-corrected chi connectivity index (χ2v) is 7.21. The quantitative estimate of drug-likeness (QED) is 0.609. The summed E-state index contributed by atoms with van der Waals surface area (Å²) in [7, 11) is -3.82. The molecule has 1 saturated carbocycles. The largest absolute Gasteiger partial charge is 0.396 e. The molecule has 2 rings (SSSR count). The van der Waals surface area contributed by atoms with Crippen LogP contribution in [0.4, 0.5) is 5.69 Å². The van der Waals surface area contributed by atoms with Crippen LogP contribution in [0.3, 0.4) is 0 Å². The van der Waals surface area contributed by atoms with Gasteiger partial charge in [0.25, 0.3) is 5.69 Å². The van der Waals surface area contributed by atoms with Gasteiger partial charge in [0.05, 0.1) is 9.82 Å². The Bertz CT molecular complexity index is 623. The summed E-state index contributed by atoms with van der Waals surface area (Å²) in [5, 5.41) is 20.2. The lowest BCUT2D eigenvalue weighted by molar-refractivity contribution is -0.385. The molecule has 116 valence electrons. The SMILES string of the molecule is O=[N+]([O-])c1cccc(S(=O)(=O)NCC2(CO)CCCC2)c1. The predicted molar refractivity (Wildman–Crippen MR) is 76.3 cm³/mol. The second-order valence-electron chi connectivity index (χ2n) is 5.44. The Morgan fingerprint density at radius 3 is 2.57 bits per heavy atom. The lowest BCUT2D eigenvalue weighted by Gasteiger charge is -2.26. The van der Waals surface area contributed by atoms with Crippen LogP contribution in [0.15, 0.2) is 29.2 Å². The van der Waals surface area contributed by atoms with Crippen LogP contribution in [-0.4, -0.2) is 31.6 Å². The van der Waals surface area contributed by atoms with Crippen LogP contribution >= 0.6 is 0 Å². The Balaban J connectivity index is 2.15. The highest BCUT2D eigenvalue weighted by atomic mass is 32.2. The summed E-state index contributed by atoms with van der Waals surface area (Å²) in [5.74, 6) is 0. The molecule has 0 saturated heterocycles. The summed E-state index contributed by atoms with van der Waals surface area (Å²) in [4.78, 5) is 9.93. The van der Waals surface area contributed by atoms with E-state index in [1.54, 1.807) is 0 Å². The topological polar surface area (TPSA) is 110 Å². The number of rotatable bonds is 6. The van der Waals surface area contributed by atoms with Crippen molar-refractivity contribution in [3.8, 4) is 0 Å². The average Bonchev–Trinajstić information content (AvgIpc) is 2.95. The predicted octanol–water partition coefficient (Wildman–Crippen LogP) is 1.43. The van der Waals surface area contributed by atoms with Gasteiger partial charge in [-0.3, -0.25) is 10.1 Å². The Kier molecular flexibility index (Phi) is 4.60. The van der Waals surface area contributed by atoms with Crippen LogP contribution in [-0.2, 0) is 10.0 Å². The van der Waals surface area contributed by atoms with E-state index in [-0.39, 0.29) is 23.7 Å².